The van der Waals surface area contributed by atoms with E-state index < -0.39 is 5.91 Å². The maximum atomic E-state index is 13.1. The van der Waals surface area contributed by atoms with Gasteiger partial charge < -0.3 is 5.32 Å². The van der Waals surface area contributed by atoms with Gasteiger partial charge in [-0.3, -0.25) is 4.79 Å². The molecular formula is C21H14BrN7OS. The number of halogens is 1. The van der Waals surface area contributed by atoms with Gasteiger partial charge in [0.05, 0.1) is 21.9 Å². The second-order valence-corrected chi connectivity index (χ2v) is 8.30. The molecule has 0 spiro atoms. The molecular weight excluding hydrogens is 478 g/mol. The van der Waals surface area contributed by atoms with Crippen molar-refractivity contribution >= 4 is 38.9 Å². The number of amides is 1. The maximum absolute atomic E-state index is 13.1. The summed E-state index contributed by atoms with van der Waals surface area (Å²) in [4.78, 5) is 22.5. The Morgan fingerprint density at radius 3 is 2.68 bits per heavy atom. The molecule has 3 aromatic heterocycles. The summed E-state index contributed by atoms with van der Waals surface area (Å²) >= 11 is 4.98. The molecule has 0 aliphatic heterocycles. The van der Waals surface area contributed by atoms with Gasteiger partial charge >= 0.3 is 0 Å². The van der Waals surface area contributed by atoms with Gasteiger partial charge in [0.1, 0.15) is 12.7 Å². The number of aromatic nitrogens is 6. The zero-order valence-electron chi connectivity index (χ0n) is 15.9. The van der Waals surface area contributed by atoms with E-state index in [0.717, 1.165) is 15.0 Å². The van der Waals surface area contributed by atoms with Gasteiger partial charge in [-0.2, -0.15) is 5.10 Å². The van der Waals surface area contributed by atoms with Gasteiger partial charge in [-0.25, -0.2) is 19.3 Å². The van der Waals surface area contributed by atoms with Crippen LogP contribution in [0, 0.1) is 0 Å². The number of anilines is 1. The lowest BCUT2D eigenvalue weighted by molar-refractivity contribution is 0.101. The van der Waals surface area contributed by atoms with Gasteiger partial charge in [-0.05, 0) is 41.8 Å². The van der Waals surface area contributed by atoms with Gasteiger partial charge in [0, 0.05) is 4.47 Å². The molecule has 0 saturated carbocycles. The number of hydrogen-bond acceptors (Lipinski definition) is 6. The molecule has 3 heterocycles. The third kappa shape index (κ3) is 3.90. The van der Waals surface area contributed by atoms with Crippen LogP contribution in [0.1, 0.15) is 10.6 Å². The third-order valence-electron chi connectivity index (χ3n) is 4.42. The first-order chi connectivity index (χ1) is 15.2. The molecule has 10 heteroatoms. The lowest BCUT2D eigenvalue weighted by atomic mass is 10.2. The lowest BCUT2D eigenvalue weighted by Crippen LogP contribution is -2.16. The van der Waals surface area contributed by atoms with Crippen LogP contribution in [0.25, 0.3) is 22.1 Å². The van der Waals surface area contributed by atoms with E-state index >= 15 is 0 Å². The van der Waals surface area contributed by atoms with E-state index in [9.17, 15) is 4.79 Å². The fourth-order valence-electron chi connectivity index (χ4n) is 3.04. The Morgan fingerprint density at radius 1 is 1.06 bits per heavy atom. The van der Waals surface area contributed by atoms with Crippen LogP contribution in [0.5, 0.6) is 0 Å². The van der Waals surface area contributed by atoms with Crippen LogP contribution in [0.4, 0.5) is 5.69 Å². The molecule has 0 saturated heterocycles. The topological polar surface area (TPSA) is 90.5 Å². The molecule has 8 nitrogen and oxygen atoms in total. The number of carbonyl (C=O) groups is 1. The van der Waals surface area contributed by atoms with Crippen molar-refractivity contribution in [3.8, 4) is 22.1 Å². The van der Waals surface area contributed by atoms with E-state index in [0.29, 0.717) is 17.2 Å². The molecule has 0 aliphatic rings. The summed E-state index contributed by atoms with van der Waals surface area (Å²) in [5.41, 5.74) is 2.05. The maximum Gasteiger partial charge on any atom is 0.295 e. The van der Waals surface area contributed by atoms with Gasteiger partial charge in [-0.15, -0.1) is 16.4 Å². The first kappa shape index (κ1) is 19.3. The highest BCUT2D eigenvalue weighted by molar-refractivity contribution is 9.10. The lowest BCUT2D eigenvalue weighted by Gasteiger charge is -2.10. The molecule has 2 aromatic carbocycles. The number of benzene rings is 2. The third-order valence-corrected chi connectivity index (χ3v) is 5.78. The summed E-state index contributed by atoms with van der Waals surface area (Å²) in [6.07, 6.45) is 3.00. The molecule has 0 unspecified atom stereocenters. The fraction of sp³-hybridized carbons (Fsp3) is 0. The summed E-state index contributed by atoms with van der Waals surface area (Å²) in [6, 6.07) is 19.0. The van der Waals surface area contributed by atoms with Crippen molar-refractivity contribution in [2.75, 3.05) is 5.32 Å². The Balaban J connectivity index is 1.53. The Kier molecular flexibility index (Phi) is 5.14. The minimum atomic E-state index is -0.424. The van der Waals surface area contributed by atoms with Crippen molar-refractivity contribution in [3.05, 3.63) is 89.0 Å². The predicted octanol–water partition coefficient (Wildman–Crippen LogP) is 4.59. The predicted molar refractivity (Wildman–Crippen MR) is 122 cm³/mol. The van der Waals surface area contributed by atoms with E-state index in [1.807, 2.05) is 60.0 Å². The van der Waals surface area contributed by atoms with Crippen molar-refractivity contribution in [1.82, 2.24) is 29.5 Å². The van der Waals surface area contributed by atoms with Crippen molar-refractivity contribution in [1.29, 1.82) is 0 Å². The monoisotopic (exact) mass is 491 g/mol. The molecule has 0 aliphatic carbocycles. The first-order valence-electron chi connectivity index (χ1n) is 9.21. The summed E-state index contributed by atoms with van der Waals surface area (Å²) < 4.78 is 4.07. The fourth-order valence-corrected chi connectivity index (χ4v) is 4.10. The minimum absolute atomic E-state index is 0.0665. The number of carbonyl (C=O) groups excluding carboxylic acids is 1. The van der Waals surface area contributed by atoms with E-state index in [1.165, 1.54) is 17.7 Å². The molecule has 5 rings (SSSR count). The van der Waals surface area contributed by atoms with Crippen LogP contribution < -0.4 is 5.32 Å². The van der Waals surface area contributed by atoms with E-state index in [1.54, 1.807) is 21.8 Å². The molecule has 0 fully saturated rings. The van der Waals surface area contributed by atoms with Crippen molar-refractivity contribution in [2.24, 2.45) is 0 Å². The molecule has 1 N–H and O–H groups in total. The zero-order valence-corrected chi connectivity index (χ0v) is 18.3. The summed E-state index contributed by atoms with van der Waals surface area (Å²) in [5, 5.41) is 13.5. The Bertz CT molecular complexity index is 1330. The largest absolute Gasteiger partial charge is 0.317 e. The van der Waals surface area contributed by atoms with Gasteiger partial charge in [0.2, 0.25) is 5.82 Å². The number of thiophene rings is 1. The van der Waals surface area contributed by atoms with Gasteiger partial charge in [0.25, 0.3) is 5.91 Å². The highest BCUT2D eigenvalue weighted by Crippen LogP contribution is 2.27. The smallest absolute Gasteiger partial charge is 0.295 e. The number of nitrogens with one attached hydrogen (secondary N) is 1. The van der Waals surface area contributed by atoms with E-state index in [2.05, 4.69) is 41.4 Å². The van der Waals surface area contributed by atoms with E-state index in [4.69, 9.17) is 0 Å². The first-order valence-corrected chi connectivity index (χ1v) is 10.9. The van der Waals surface area contributed by atoms with Crippen LogP contribution in [0.2, 0.25) is 0 Å². The van der Waals surface area contributed by atoms with Gasteiger partial charge in [0.15, 0.2) is 5.82 Å². The minimum Gasteiger partial charge on any atom is -0.317 e. The zero-order chi connectivity index (χ0) is 21.2. The average molecular weight is 492 g/mol. The number of para-hydroxylation sites is 1. The van der Waals surface area contributed by atoms with Crippen LogP contribution >= 0.6 is 27.3 Å². The van der Waals surface area contributed by atoms with Crippen molar-refractivity contribution < 1.29 is 4.79 Å². The van der Waals surface area contributed by atoms with Crippen LogP contribution in [-0.2, 0) is 0 Å². The van der Waals surface area contributed by atoms with Crippen LogP contribution in [0.3, 0.4) is 0 Å². The summed E-state index contributed by atoms with van der Waals surface area (Å²) in [6.45, 7) is 0. The molecule has 1 amide bonds. The SMILES string of the molecule is O=C(Nc1cc(Br)ccc1-n1cncn1)c1nc(-c2cccs2)n(-c2ccccc2)n1. The number of hydrogen-bond donors (Lipinski definition) is 1. The molecule has 152 valence electrons. The molecule has 0 bridgehead atoms. The van der Waals surface area contributed by atoms with Crippen LogP contribution in [0.15, 0.2) is 83.2 Å². The average Bonchev–Trinajstić information content (AvgIpc) is 3.55. The van der Waals surface area contributed by atoms with Gasteiger partial charge in [-0.1, -0.05) is 40.2 Å². The Hall–Kier alpha value is -3.63. The second-order valence-electron chi connectivity index (χ2n) is 6.44. The van der Waals surface area contributed by atoms with Crippen molar-refractivity contribution in [3.63, 3.8) is 0 Å². The molecule has 0 atom stereocenters. The number of nitrogens with zero attached hydrogens (tertiary/aromatic N) is 6. The number of rotatable bonds is 5. The normalized spacial score (nSPS) is 10.9. The standard InChI is InChI=1S/C21H14BrN7OS/c22-14-8-9-17(28-13-23-12-24-28)16(11-14)25-21(30)19-26-20(18-7-4-10-31-18)29(27-19)15-5-2-1-3-6-15/h1-13H,(H,25,30). The summed E-state index contributed by atoms with van der Waals surface area (Å²) in [5.74, 6) is 0.251. The van der Waals surface area contributed by atoms with Crippen molar-refractivity contribution in [2.45, 2.75) is 0 Å². The second kappa shape index (κ2) is 8.25. The van der Waals surface area contributed by atoms with Crippen LogP contribution in [-0.4, -0.2) is 35.4 Å². The highest BCUT2D eigenvalue weighted by atomic mass is 79.9. The molecule has 5 aromatic rings. The Labute approximate surface area is 189 Å². The quantitative estimate of drug-likeness (QED) is 0.388. The summed E-state index contributed by atoms with van der Waals surface area (Å²) in [7, 11) is 0. The Morgan fingerprint density at radius 2 is 1.94 bits per heavy atom. The molecule has 0 radical (unpaired) electrons. The highest BCUT2D eigenvalue weighted by Gasteiger charge is 2.20. The molecule has 31 heavy (non-hydrogen) atoms. The van der Waals surface area contributed by atoms with E-state index in [-0.39, 0.29) is 5.82 Å².